The minimum absolute atomic E-state index is 0.319. The molecule has 1 aliphatic rings. The standard InChI is InChI=1S/C12H15F2NO2S/c13-10-5-6-12(11(14)7-10)18(16,17)15-8-9-3-1-2-4-9/h5-7,9,15H,1-4,8H2. The van der Waals surface area contributed by atoms with Gasteiger partial charge in [-0.3, -0.25) is 0 Å². The molecule has 0 unspecified atom stereocenters. The van der Waals surface area contributed by atoms with Crippen molar-refractivity contribution in [3.05, 3.63) is 29.8 Å². The van der Waals surface area contributed by atoms with Crippen LogP contribution >= 0.6 is 0 Å². The highest BCUT2D eigenvalue weighted by Crippen LogP contribution is 2.24. The molecule has 2 rings (SSSR count). The molecule has 0 heterocycles. The molecule has 0 aliphatic heterocycles. The van der Waals surface area contributed by atoms with Crippen molar-refractivity contribution < 1.29 is 17.2 Å². The topological polar surface area (TPSA) is 46.2 Å². The van der Waals surface area contributed by atoms with E-state index in [1.807, 2.05) is 0 Å². The van der Waals surface area contributed by atoms with Crippen LogP contribution in [0.3, 0.4) is 0 Å². The van der Waals surface area contributed by atoms with Crippen LogP contribution in [0.5, 0.6) is 0 Å². The van der Waals surface area contributed by atoms with Gasteiger partial charge >= 0.3 is 0 Å². The molecule has 0 saturated heterocycles. The van der Waals surface area contributed by atoms with E-state index >= 15 is 0 Å². The third-order valence-electron chi connectivity index (χ3n) is 3.22. The summed E-state index contributed by atoms with van der Waals surface area (Å²) in [5, 5.41) is 0. The van der Waals surface area contributed by atoms with Crippen molar-refractivity contribution in [2.45, 2.75) is 30.6 Å². The number of benzene rings is 1. The zero-order chi connectivity index (χ0) is 13.2. The highest BCUT2D eigenvalue weighted by molar-refractivity contribution is 7.89. The van der Waals surface area contributed by atoms with Crippen LogP contribution in [0.25, 0.3) is 0 Å². The summed E-state index contributed by atoms with van der Waals surface area (Å²) >= 11 is 0. The molecule has 100 valence electrons. The van der Waals surface area contributed by atoms with Crippen LogP contribution in [0.1, 0.15) is 25.7 Å². The van der Waals surface area contributed by atoms with Gasteiger partial charge < -0.3 is 0 Å². The molecule has 1 N–H and O–H groups in total. The molecule has 6 heteroatoms. The van der Waals surface area contributed by atoms with Crippen LogP contribution in [0.2, 0.25) is 0 Å². The van der Waals surface area contributed by atoms with Gasteiger partial charge in [0.25, 0.3) is 0 Å². The molecule has 1 saturated carbocycles. The third-order valence-corrected chi connectivity index (χ3v) is 4.68. The van der Waals surface area contributed by atoms with Crippen molar-refractivity contribution in [2.75, 3.05) is 6.54 Å². The highest BCUT2D eigenvalue weighted by Gasteiger charge is 2.22. The Morgan fingerprint density at radius 1 is 1.22 bits per heavy atom. The van der Waals surface area contributed by atoms with Gasteiger partial charge in [-0.05, 0) is 30.9 Å². The van der Waals surface area contributed by atoms with Crippen LogP contribution in [0.4, 0.5) is 8.78 Å². The SMILES string of the molecule is O=S(=O)(NCC1CCCC1)c1ccc(F)cc1F. The van der Waals surface area contributed by atoms with Crippen LogP contribution in [0, 0.1) is 17.6 Å². The van der Waals surface area contributed by atoms with Gasteiger partial charge in [-0.25, -0.2) is 21.9 Å². The van der Waals surface area contributed by atoms with Crippen molar-refractivity contribution in [3.8, 4) is 0 Å². The molecule has 0 radical (unpaired) electrons. The summed E-state index contributed by atoms with van der Waals surface area (Å²) in [7, 11) is -3.89. The summed E-state index contributed by atoms with van der Waals surface area (Å²) in [5.74, 6) is -1.53. The summed E-state index contributed by atoms with van der Waals surface area (Å²) in [5.41, 5.74) is 0. The molecule has 18 heavy (non-hydrogen) atoms. The van der Waals surface area contributed by atoms with Gasteiger partial charge in [0.2, 0.25) is 10.0 Å². The number of rotatable bonds is 4. The minimum Gasteiger partial charge on any atom is -0.211 e. The average Bonchev–Trinajstić information content (AvgIpc) is 2.78. The quantitative estimate of drug-likeness (QED) is 0.917. The monoisotopic (exact) mass is 275 g/mol. The second kappa shape index (κ2) is 5.32. The summed E-state index contributed by atoms with van der Waals surface area (Å²) in [6.45, 7) is 0.319. The predicted octanol–water partition coefficient (Wildman–Crippen LogP) is 2.43. The van der Waals surface area contributed by atoms with Gasteiger partial charge in [0.05, 0.1) is 0 Å². The summed E-state index contributed by atoms with van der Waals surface area (Å²) in [6.07, 6.45) is 4.21. The maximum absolute atomic E-state index is 13.4. The number of halogens is 2. The second-order valence-corrected chi connectivity index (χ2v) is 6.31. The van der Waals surface area contributed by atoms with E-state index in [9.17, 15) is 17.2 Å². The Kier molecular flexibility index (Phi) is 3.97. The fourth-order valence-electron chi connectivity index (χ4n) is 2.21. The Morgan fingerprint density at radius 2 is 1.89 bits per heavy atom. The first-order valence-electron chi connectivity index (χ1n) is 5.94. The van der Waals surface area contributed by atoms with Crippen molar-refractivity contribution >= 4 is 10.0 Å². The van der Waals surface area contributed by atoms with Crippen molar-refractivity contribution in [2.24, 2.45) is 5.92 Å². The lowest BCUT2D eigenvalue weighted by Gasteiger charge is -2.11. The Balaban J connectivity index is 2.09. The number of hydrogen-bond acceptors (Lipinski definition) is 2. The summed E-state index contributed by atoms with van der Waals surface area (Å²) in [4.78, 5) is -0.498. The highest BCUT2D eigenvalue weighted by atomic mass is 32.2. The van der Waals surface area contributed by atoms with Gasteiger partial charge in [-0.2, -0.15) is 0 Å². The Bertz CT molecular complexity index is 525. The van der Waals surface area contributed by atoms with E-state index in [-0.39, 0.29) is 0 Å². The molecule has 0 amide bonds. The fourth-order valence-corrected chi connectivity index (χ4v) is 3.39. The molecule has 1 fully saturated rings. The van der Waals surface area contributed by atoms with Gasteiger partial charge in [0.15, 0.2) is 0 Å². The van der Waals surface area contributed by atoms with Crippen LogP contribution in [-0.2, 0) is 10.0 Å². The first-order valence-corrected chi connectivity index (χ1v) is 7.42. The van der Waals surface area contributed by atoms with E-state index in [4.69, 9.17) is 0 Å². The Morgan fingerprint density at radius 3 is 2.50 bits per heavy atom. The molecule has 1 aromatic carbocycles. The van der Waals surface area contributed by atoms with Crippen LogP contribution < -0.4 is 4.72 Å². The zero-order valence-electron chi connectivity index (χ0n) is 9.83. The normalized spacial score (nSPS) is 17.2. The van der Waals surface area contributed by atoms with Gasteiger partial charge in [-0.15, -0.1) is 0 Å². The molecule has 3 nitrogen and oxygen atoms in total. The maximum atomic E-state index is 13.4. The summed E-state index contributed by atoms with van der Waals surface area (Å²) < 4.78 is 52.2. The molecule has 1 aromatic rings. The molecule has 0 spiro atoms. The Hall–Kier alpha value is -1.01. The van der Waals surface area contributed by atoms with Crippen molar-refractivity contribution in [1.29, 1.82) is 0 Å². The van der Waals surface area contributed by atoms with Crippen molar-refractivity contribution in [1.82, 2.24) is 4.72 Å². The summed E-state index contributed by atoms with van der Waals surface area (Å²) in [6, 6.07) is 2.46. The third kappa shape index (κ3) is 3.05. The fraction of sp³-hybridized carbons (Fsp3) is 0.500. The van der Waals surface area contributed by atoms with E-state index in [1.54, 1.807) is 0 Å². The second-order valence-electron chi connectivity index (χ2n) is 4.58. The lowest BCUT2D eigenvalue weighted by Crippen LogP contribution is -2.29. The lowest BCUT2D eigenvalue weighted by atomic mass is 10.1. The lowest BCUT2D eigenvalue weighted by molar-refractivity contribution is 0.511. The van der Waals surface area contributed by atoms with Crippen molar-refractivity contribution in [3.63, 3.8) is 0 Å². The maximum Gasteiger partial charge on any atom is 0.243 e. The van der Waals surface area contributed by atoms with Gasteiger partial charge in [0, 0.05) is 12.6 Å². The number of nitrogens with one attached hydrogen (secondary N) is 1. The average molecular weight is 275 g/mol. The molecular formula is C12H15F2NO2S. The van der Waals surface area contributed by atoms with E-state index in [0.29, 0.717) is 18.5 Å². The van der Waals surface area contributed by atoms with E-state index in [0.717, 1.165) is 37.8 Å². The number of sulfonamides is 1. The van der Waals surface area contributed by atoms with E-state index in [2.05, 4.69) is 4.72 Å². The number of hydrogen-bond donors (Lipinski definition) is 1. The van der Waals surface area contributed by atoms with E-state index < -0.39 is 26.6 Å². The first kappa shape index (κ1) is 13.4. The minimum atomic E-state index is -3.89. The zero-order valence-corrected chi connectivity index (χ0v) is 10.6. The Labute approximate surface area is 105 Å². The van der Waals surface area contributed by atoms with E-state index in [1.165, 1.54) is 0 Å². The molecule has 0 aromatic heterocycles. The smallest absolute Gasteiger partial charge is 0.211 e. The molecule has 0 bridgehead atoms. The largest absolute Gasteiger partial charge is 0.243 e. The molecule has 1 aliphatic carbocycles. The first-order chi connectivity index (χ1) is 8.49. The predicted molar refractivity (Wildman–Crippen MR) is 63.5 cm³/mol. The van der Waals surface area contributed by atoms with Gasteiger partial charge in [-0.1, -0.05) is 12.8 Å². The van der Waals surface area contributed by atoms with Gasteiger partial charge in [0.1, 0.15) is 16.5 Å². The molecular weight excluding hydrogens is 260 g/mol. The van der Waals surface area contributed by atoms with Crippen LogP contribution in [-0.4, -0.2) is 15.0 Å². The van der Waals surface area contributed by atoms with Crippen LogP contribution in [0.15, 0.2) is 23.1 Å². The molecule has 0 atom stereocenters.